The van der Waals surface area contributed by atoms with E-state index in [-0.39, 0.29) is 24.2 Å². The van der Waals surface area contributed by atoms with Gasteiger partial charge in [0.15, 0.2) is 0 Å². The number of halogens is 1. The number of carbonyl (C=O) groups is 2. The van der Waals surface area contributed by atoms with E-state index in [0.29, 0.717) is 19.4 Å². The molecule has 0 atom stereocenters. The van der Waals surface area contributed by atoms with Crippen molar-refractivity contribution in [3.63, 3.8) is 0 Å². The molecule has 24 heavy (non-hydrogen) atoms. The van der Waals surface area contributed by atoms with Crippen LogP contribution in [0.25, 0.3) is 0 Å². The van der Waals surface area contributed by atoms with E-state index in [9.17, 15) is 14.0 Å². The van der Waals surface area contributed by atoms with Crippen LogP contribution in [0.3, 0.4) is 0 Å². The average molecular weight is 327 g/mol. The van der Waals surface area contributed by atoms with Gasteiger partial charge in [-0.3, -0.25) is 14.6 Å². The van der Waals surface area contributed by atoms with Gasteiger partial charge < -0.3 is 10.6 Å². The van der Waals surface area contributed by atoms with Gasteiger partial charge in [-0.05, 0) is 48.2 Å². The summed E-state index contributed by atoms with van der Waals surface area (Å²) in [6, 6.07) is 9.53. The summed E-state index contributed by atoms with van der Waals surface area (Å²) in [6.07, 6.45) is 4.41. The summed E-state index contributed by atoms with van der Waals surface area (Å²) in [5, 5.41) is 5.58. The van der Waals surface area contributed by atoms with E-state index in [1.54, 1.807) is 24.5 Å². The van der Waals surface area contributed by atoms with Crippen LogP contribution >= 0.6 is 0 Å². The fourth-order valence-corrected chi connectivity index (χ4v) is 2.49. The van der Waals surface area contributed by atoms with Gasteiger partial charge in [-0.15, -0.1) is 0 Å². The van der Waals surface area contributed by atoms with Crippen LogP contribution in [0.1, 0.15) is 24.0 Å². The van der Waals surface area contributed by atoms with Gasteiger partial charge in [-0.25, -0.2) is 4.39 Å². The monoisotopic (exact) mass is 327 g/mol. The molecule has 1 aromatic carbocycles. The third-order valence-corrected chi connectivity index (χ3v) is 4.19. The highest BCUT2D eigenvalue weighted by molar-refractivity contribution is 6.07. The van der Waals surface area contributed by atoms with Gasteiger partial charge in [0.1, 0.15) is 11.2 Å². The first-order chi connectivity index (χ1) is 11.6. The predicted octanol–water partition coefficient (Wildman–Crippen LogP) is 1.93. The van der Waals surface area contributed by atoms with Gasteiger partial charge in [-0.1, -0.05) is 12.1 Å². The van der Waals surface area contributed by atoms with E-state index in [0.717, 1.165) is 11.1 Å². The normalized spacial score (nSPS) is 14.7. The Morgan fingerprint density at radius 2 is 1.42 bits per heavy atom. The minimum Gasteiger partial charge on any atom is -0.351 e. The van der Waals surface area contributed by atoms with Crippen molar-refractivity contribution in [1.29, 1.82) is 0 Å². The zero-order chi connectivity index (χ0) is 17.0. The first-order valence-corrected chi connectivity index (χ1v) is 7.80. The molecule has 0 aliphatic heterocycles. The highest BCUT2D eigenvalue weighted by atomic mass is 19.1. The van der Waals surface area contributed by atoms with Gasteiger partial charge >= 0.3 is 0 Å². The number of amides is 2. The molecule has 3 rings (SSSR count). The summed E-state index contributed by atoms with van der Waals surface area (Å²) in [5.41, 5.74) is 0.756. The molecule has 2 N–H and O–H groups in total. The topological polar surface area (TPSA) is 71.1 Å². The van der Waals surface area contributed by atoms with Crippen molar-refractivity contribution in [3.8, 4) is 0 Å². The molecule has 0 unspecified atom stereocenters. The van der Waals surface area contributed by atoms with Crippen LogP contribution in [0.5, 0.6) is 0 Å². The third-order valence-electron chi connectivity index (χ3n) is 4.19. The van der Waals surface area contributed by atoms with Crippen LogP contribution in [0.2, 0.25) is 0 Å². The van der Waals surface area contributed by atoms with E-state index in [2.05, 4.69) is 15.6 Å². The second-order valence-electron chi connectivity index (χ2n) is 5.93. The van der Waals surface area contributed by atoms with Gasteiger partial charge in [0.05, 0.1) is 0 Å². The van der Waals surface area contributed by atoms with Crippen molar-refractivity contribution >= 4 is 11.8 Å². The molecule has 1 heterocycles. The quantitative estimate of drug-likeness (QED) is 0.797. The third kappa shape index (κ3) is 3.59. The van der Waals surface area contributed by atoms with Crippen LogP contribution < -0.4 is 10.6 Å². The first kappa shape index (κ1) is 16.1. The number of hydrogen-bond acceptors (Lipinski definition) is 3. The SMILES string of the molecule is O=C(NCc1ccncc1)C1(C(=O)NCc2ccc(F)cc2)CC1. The molecular weight excluding hydrogens is 309 g/mol. The minimum absolute atomic E-state index is 0.254. The molecular formula is C18H18FN3O2. The Kier molecular flexibility index (Phi) is 4.55. The van der Waals surface area contributed by atoms with Crippen molar-refractivity contribution in [3.05, 3.63) is 65.7 Å². The standard InChI is InChI=1S/C18H18FN3O2/c19-15-3-1-13(2-4-15)11-21-16(23)18(7-8-18)17(24)22-12-14-5-9-20-10-6-14/h1-6,9-10H,7-8,11-12H2,(H,21,23)(H,22,24). The molecule has 2 amide bonds. The lowest BCUT2D eigenvalue weighted by atomic mass is 10.0. The van der Waals surface area contributed by atoms with Gasteiger partial charge in [0, 0.05) is 25.5 Å². The first-order valence-electron chi connectivity index (χ1n) is 7.80. The zero-order valence-electron chi connectivity index (χ0n) is 13.1. The minimum atomic E-state index is -0.965. The average Bonchev–Trinajstić information content (AvgIpc) is 3.42. The number of nitrogens with one attached hydrogen (secondary N) is 2. The summed E-state index contributed by atoms with van der Waals surface area (Å²) in [6.45, 7) is 0.646. The molecule has 1 saturated carbocycles. The molecule has 1 aliphatic rings. The highest BCUT2D eigenvalue weighted by Crippen LogP contribution is 2.46. The number of carbonyl (C=O) groups excluding carboxylic acids is 2. The maximum absolute atomic E-state index is 12.9. The molecule has 1 aliphatic carbocycles. The van der Waals surface area contributed by atoms with Crippen LogP contribution in [0, 0.1) is 11.2 Å². The Labute approximate surface area is 139 Å². The molecule has 0 spiro atoms. The molecule has 124 valence electrons. The number of hydrogen-bond donors (Lipinski definition) is 2. The molecule has 1 fully saturated rings. The van der Waals surface area contributed by atoms with Crippen molar-refractivity contribution in [2.24, 2.45) is 5.41 Å². The van der Waals surface area contributed by atoms with Crippen molar-refractivity contribution in [2.45, 2.75) is 25.9 Å². The maximum atomic E-state index is 12.9. The fourth-order valence-electron chi connectivity index (χ4n) is 2.49. The lowest BCUT2D eigenvalue weighted by Gasteiger charge is -2.15. The maximum Gasteiger partial charge on any atom is 0.235 e. The zero-order valence-corrected chi connectivity index (χ0v) is 13.1. The second kappa shape index (κ2) is 6.78. The predicted molar refractivity (Wildman–Crippen MR) is 86.0 cm³/mol. The number of rotatable bonds is 6. The largest absolute Gasteiger partial charge is 0.351 e. The Bertz CT molecular complexity index is 728. The molecule has 0 saturated heterocycles. The Morgan fingerprint density at radius 3 is 1.92 bits per heavy atom. The molecule has 2 aromatic rings. The van der Waals surface area contributed by atoms with Crippen molar-refractivity contribution in [2.75, 3.05) is 0 Å². The highest BCUT2D eigenvalue weighted by Gasteiger charge is 2.56. The molecule has 0 bridgehead atoms. The molecule has 0 radical (unpaired) electrons. The van der Waals surface area contributed by atoms with Crippen LogP contribution in [-0.4, -0.2) is 16.8 Å². The number of nitrogens with zero attached hydrogens (tertiary/aromatic N) is 1. The van der Waals surface area contributed by atoms with E-state index in [4.69, 9.17) is 0 Å². The lowest BCUT2D eigenvalue weighted by molar-refractivity contribution is -0.137. The Hall–Kier alpha value is -2.76. The van der Waals surface area contributed by atoms with Crippen LogP contribution in [0.15, 0.2) is 48.8 Å². The summed E-state index contributed by atoms with van der Waals surface area (Å²) < 4.78 is 12.9. The summed E-state index contributed by atoms with van der Waals surface area (Å²) in [7, 11) is 0. The number of benzene rings is 1. The molecule has 1 aromatic heterocycles. The molecule has 6 heteroatoms. The van der Waals surface area contributed by atoms with E-state index < -0.39 is 5.41 Å². The smallest absolute Gasteiger partial charge is 0.235 e. The molecule has 5 nitrogen and oxygen atoms in total. The second-order valence-corrected chi connectivity index (χ2v) is 5.93. The van der Waals surface area contributed by atoms with Crippen molar-refractivity contribution in [1.82, 2.24) is 15.6 Å². The number of pyridine rings is 1. The van der Waals surface area contributed by atoms with Crippen molar-refractivity contribution < 1.29 is 14.0 Å². The van der Waals surface area contributed by atoms with E-state index in [1.165, 1.54) is 12.1 Å². The van der Waals surface area contributed by atoms with Crippen LogP contribution in [0.4, 0.5) is 4.39 Å². The summed E-state index contributed by atoms with van der Waals surface area (Å²) in [4.78, 5) is 28.6. The summed E-state index contributed by atoms with van der Waals surface area (Å²) >= 11 is 0. The van der Waals surface area contributed by atoms with Gasteiger partial charge in [0.25, 0.3) is 0 Å². The fraction of sp³-hybridized carbons (Fsp3) is 0.278. The Morgan fingerprint density at radius 1 is 0.917 bits per heavy atom. The van der Waals surface area contributed by atoms with Crippen LogP contribution in [-0.2, 0) is 22.7 Å². The Balaban J connectivity index is 1.53. The summed E-state index contributed by atoms with van der Waals surface area (Å²) in [5.74, 6) is -0.853. The number of aromatic nitrogens is 1. The van der Waals surface area contributed by atoms with E-state index in [1.807, 2.05) is 12.1 Å². The van der Waals surface area contributed by atoms with E-state index >= 15 is 0 Å². The lowest BCUT2D eigenvalue weighted by Crippen LogP contribution is -2.42. The van der Waals surface area contributed by atoms with Gasteiger partial charge in [0.2, 0.25) is 11.8 Å². The van der Waals surface area contributed by atoms with Gasteiger partial charge in [-0.2, -0.15) is 0 Å².